The highest BCUT2D eigenvalue weighted by Crippen LogP contribution is 2.23. The van der Waals surface area contributed by atoms with Gasteiger partial charge in [0.2, 0.25) is 5.91 Å². The summed E-state index contributed by atoms with van der Waals surface area (Å²) in [5, 5.41) is 19.5. The van der Waals surface area contributed by atoms with Gasteiger partial charge >= 0.3 is 5.97 Å². The first-order valence-corrected chi connectivity index (χ1v) is 9.55. The van der Waals surface area contributed by atoms with E-state index in [0.717, 1.165) is 44.1 Å². The molecule has 27 heavy (non-hydrogen) atoms. The van der Waals surface area contributed by atoms with E-state index < -0.39 is 5.97 Å². The quantitative estimate of drug-likeness (QED) is 0.219. The maximum atomic E-state index is 12.2. The number of carboxylic acid groups (broad SMARTS) is 1. The summed E-state index contributed by atoms with van der Waals surface area (Å²) in [6, 6.07) is 7.28. The molecule has 2 unspecified atom stereocenters. The summed E-state index contributed by atoms with van der Waals surface area (Å²) in [7, 11) is 0. The van der Waals surface area contributed by atoms with Gasteiger partial charge in [0.15, 0.2) is 0 Å². The number of benzene rings is 1. The van der Waals surface area contributed by atoms with Crippen LogP contribution in [0.15, 0.2) is 36.4 Å². The molecule has 0 aromatic heterocycles. The molecule has 1 aliphatic carbocycles. The summed E-state index contributed by atoms with van der Waals surface area (Å²) in [6.45, 7) is 0. The van der Waals surface area contributed by atoms with Crippen molar-refractivity contribution in [1.29, 1.82) is 5.41 Å². The Morgan fingerprint density at radius 3 is 2.56 bits per heavy atom. The molecular formula is C21H29N3O3. The van der Waals surface area contributed by atoms with E-state index in [4.69, 9.17) is 16.2 Å². The number of aryl methyl sites for hydroxylation is 1. The maximum Gasteiger partial charge on any atom is 0.305 e. The van der Waals surface area contributed by atoms with E-state index in [0.29, 0.717) is 12.0 Å². The summed E-state index contributed by atoms with van der Waals surface area (Å²) in [5.74, 6) is -0.677. The predicted molar refractivity (Wildman–Crippen MR) is 106 cm³/mol. The molecule has 0 saturated heterocycles. The first-order chi connectivity index (χ1) is 13.0. The number of amidine groups is 1. The Labute approximate surface area is 160 Å². The van der Waals surface area contributed by atoms with Crippen LogP contribution in [0.25, 0.3) is 0 Å². The van der Waals surface area contributed by atoms with Crippen LogP contribution in [0.5, 0.6) is 0 Å². The number of amides is 1. The van der Waals surface area contributed by atoms with Crippen LogP contribution in [-0.4, -0.2) is 28.9 Å². The standard InChI is InChI=1S/C21H29N3O3/c22-21(23)17-12-10-15(11-13-17)6-4-5-9-19(25)24-18(14-20(26)27)16-7-2-1-3-8-16/h1-2,10-13,16,18H,3-9,14H2,(H3,22,23)(H,24,25)(H,26,27). The van der Waals surface area contributed by atoms with E-state index >= 15 is 0 Å². The fourth-order valence-corrected chi connectivity index (χ4v) is 3.45. The van der Waals surface area contributed by atoms with Crippen LogP contribution in [0.4, 0.5) is 0 Å². The highest BCUT2D eigenvalue weighted by Gasteiger charge is 2.25. The van der Waals surface area contributed by atoms with E-state index in [9.17, 15) is 9.59 Å². The number of hydrogen-bond donors (Lipinski definition) is 4. The second kappa shape index (κ2) is 10.5. The third-order valence-corrected chi connectivity index (χ3v) is 5.00. The van der Waals surface area contributed by atoms with Gasteiger partial charge in [-0.05, 0) is 50.0 Å². The zero-order chi connectivity index (χ0) is 19.6. The topological polar surface area (TPSA) is 116 Å². The average Bonchev–Trinajstić information content (AvgIpc) is 2.65. The van der Waals surface area contributed by atoms with Crippen LogP contribution in [0.3, 0.4) is 0 Å². The largest absolute Gasteiger partial charge is 0.481 e. The van der Waals surface area contributed by atoms with Crippen molar-refractivity contribution in [2.24, 2.45) is 11.7 Å². The fourth-order valence-electron chi connectivity index (χ4n) is 3.45. The van der Waals surface area contributed by atoms with Gasteiger partial charge in [-0.25, -0.2) is 0 Å². The van der Waals surface area contributed by atoms with Gasteiger partial charge in [-0.2, -0.15) is 0 Å². The molecule has 2 rings (SSSR count). The van der Waals surface area contributed by atoms with Gasteiger partial charge < -0.3 is 16.2 Å². The van der Waals surface area contributed by atoms with Crippen LogP contribution in [0.1, 0.15) is 56.1 Å². The van der Waals surface area contributed by atoms with Gasteiger partial charge in [0, 0.05) is 18.0 Å². The summed E-state index contributed by atoms with van der Waals surface area (Å²) < 4.78 is 0. The monoisotopic (exact) mass is 371 g/mol. The minimum Gasteiger partial charge on any atom is -0.481 e. The third-order valence-electron chi connectivity index (χ3n) is 5.00. The second-order valence-corrected chi connectivity index (χ2v) is 7.13. The number of aliphatic carboxylic acids is 1. The molecule has 0 bridgehead atoms. The number of allylic oxidation sites excluding steroid dienone is 2. The van der Waals surface area contributed by atoms with Crippen molar-refractivity contribution < 1.29 is 14.7 Å². The first kappa shape index (κ1) is 20.7. The van der Waals surface area contributed by atoms with Crippen molar-refractivity contribution in [3.8, 4) is 0 Å². The maximum absolute atomic E-state index is 12.2. The average molecular weight is 371 g/mol. The lowest BCUT2D eigenvalue weighted by Gasteiger charge is -2.27. The molecule has 5 N–H and O–H groups in total. The van der Waals surface area contributed by atoms with Gasteiger partial charge in [-0.15, -0.1) is 0 Å². The molecular weight excluding hydrogens is 342 g/mol. The van der Waals surface area contributed by atoms with E-state index in [1.165, 1.54) is 0 Å². The zero-order valence-corrected chi connectivity index (χ0v) is 15.6. The number of nitrogens with one attached hydrogen (secondary N) is 2. The lowest BCUT2D eigenvalue weighted by atomic mass is 9.86. The number of carbonyl (C=O) groups is 2. The lowest BCUT2D eigenvalue weighted by Crippen LogP contribution is -2.42. The van der Waals surface area contributed by atoms with Gasteiger partial charge in [0.1, 0.15) is 5.84 Å². The molecule has 1 aromatic rings. The van der Waals surface area contributed by atoms with Crippen molar-refractivity contribution in [2.75, 3.05) is 0 Å². The van der Waals surface area contributed by atoms with Gasteiger partial charge in [-0.3, -0.25) is 15.0 Å². The van der Waals surface area contributed by atoms with E-state index in [2.05, 4.69) is 17.5 Å². The Morgan fingerprint density at radius 1 is 1.22 bits per heavy atom. The minimum atomic E-state index is -0.871. The molecule has 1 amide bonds. The van der Waals surface area contributed by atoms with Crippen molar-refractivity contribution >= 4 is 17.7 Å². The normalized spacial score (nSPS) is 17.3. The van der Waals surface area contributed by atoms with E-state index in [-0.39, 0.29) is 30.1 Å². The second-order valence-electron chi connectivity index (χ2n) is 7.13. The molecule has 1 aliphatic rings. The van der Waals surface area contributed by atoms with Crippen LogP contribution in [0, 0.1) is 11.3 Å². The molecule has 146 valence electrons. The van der Waals surface area contributed by atoms with Gasteiger partial charge in [0.05, 0.1) is 6.42 Å². The van der Waals surface area contributed by atoms with E-state index in [1.807, 2.05) is 24.3 Å². The number of carboxylic acids is 1. The Balaban J connectivity index is 1.74. The van der Waals surface area contributed by atoms with Crippen molar-refractivity contribution in [3.05, 3.63) is 47.5 Å². The summed E-state index contributed by atoms with van der Waals surface area (Å²) in [6.07, 6.45) is 9.76. The Kier molecular flexibility index (Phi) is 8.04. The number of rotatable bonds is 10. The lowest BCUT2D eigenvalue weighted by molar-refractivity contribution is -0.138. The Bertz CT molecular complexity index is 682. The number of nitrogen functional groups attached to an aromatic ring is 1. The van der Waals surface area contributed by atoms with Gasteiger partial charge in [0.25, 0.3) is 0 Å². The van der Waals surface area contributed by atoms with Crippen LogP contribution < -0.4 is 11.1 Å². The molecule has 6 nitrogen and oxygen atoms in total. The molecule has 0 saturated carbocycles. The summed E-state index contributed by atoms with van der Waals surface area (Å²) in [4.78, 5) is 23.4. The molecule has 0 radical (unpaired) electrons. The van der Waals surface area contributed by atoms with Crippen molar-refractivity contribution in [3.63, 3.8) is 0 Å². The van der Waals surface area contributed by atoms with E-state index in [1.54, 1.807) is 0 Å². The molecule has 6 heteroatoms. The predicted octanol–water partition coefficient (Wildman–Crippen LogP) is 3.00. The first-order valence-electron chi connectivity index (χ1n) is 9.55. The Hall–Kier alpha value is -2.63. The highest BCUT2D eigenvalue weighted by molar-refractivity contribution is 5.94. The molecule has 0 aliphatic heterocycles. The van der Waals surface area contributed by atoms with Crippen molar-refractivity contribution in [2.45, 2.75) is 57.4 Å². The van der Waals surface area contributed by atoms with Crippen LogP contribution in [-0.2, 0) is 16.0 Å². The summed E-state index contributed by atoms with van der Waals surface area (Å²) in [5.41, 5.74) is 7.30. The number of nitrogens with two attached hydrogens (primary N) is 1. The fraction of sp³-hybridized carbons (Fsp3) is 0.476. The van der Waals surface area contributed by atoms with Crippen LogP contribution in [0.2, 0.25) is 0 Å². The van der Waals surface area contributed by atoms with Gasteiger partial charge in [-0.1, -0.05) is 36.4 Å². The number of unbranched alkanes of at least 4 members (excludes halogenated alkanes) is 1. The zero-order valence-electron chi connectivity index (χ0n) is 15.6. The molecule has 2 atom stereocenters. The van der Waals surface area contributed by atoms with Crippen molar-refractivity contribution in [1.82, 2.24) is 5.32 Å². The molecule has 0 fully saturated rings. The SMILES string of the molecule is N=C(N)c1ccc(CCCCC(=O)NC(CC(=O)O)C2CC=CCC2)cc1. The molecule has 1 aromatic carbocycles. The summed E-state index contributed by atoms with van der Waals surface area (Å²) >= 11 is 0. The minimum absolute atomic E-state index is 0.0211. The Morgan fingerprint density at radius 2 is 1.96 bits per heavy atom. The number of hydrogen-bond acceptors (Lipinski definition) is 3. The van der Waals surface area contributed by atoms with Crippen LogP contribution >= 0.6 is 0 Å². The third kappa shape index (κ3) is 7.25. The highest BCUT2D eigenvalue weighted by atomic mass is 16.4. The molecule has 0 spiro atoms. The number of carbonyl (C=O) groups excluding carboxylic acids is 1. The smallest absolute Gasteiger partial charge is 0.305 e. The molecule has 0 heterocycles.